The summed E-state index contributed by atoms with van der Waals surface area (Å²) >= 11 is 0. The fourth-order valence-corrected chi connectivity index (χ4v) is 5.71. The standard InChI is InChI=1S/C20H32O/c1-13(2)15-11-14-7-8-18-19(3,4)9-6-10-20(18,5)16(14)12-17(15)21/h7,11,13,16-18,21H,6,8-10,12H2,1-5H3/t16-,17-,18+,20-/m1/s1. The van der Waals surface area contributed by atoms with Crippen LogP contribution < -0.4 is 0 Å². The third-order valence-electron chi connectivity index (χ3n) is 6.91. The second kappa shape index (κ2) is 4.98. The maximum absolute atomic E-state index is 10.6. The molecule has 0 heterocycles. The molecule has 0 amide bonds. The zero-order valence-corrected chi connectivity index (χ0v) is 14.4. The third-order valence-corrected chi connectivity index (χ3v) is 6.91. The SMILES string of the molecule is CC(C)C1=CC2=CC[C@H]3C(C)(C)CCC[C@]3(C)[C@@H]2C[C@H]1O. The molecule has 0 spiro atoms. The molecule has 0 unspecified atom stereocenters. The molecule has 1 saturated carbocycles. The average molecular weight is 288 g/mol. The van der Waals surface area contributed by atoms with E-state index in [2.05, 4.69) is 46.8 Å². The molecular formula is C20H32O. The van der Waals surface area contributed by atoms with Gasteiger partial charge in [0.1, 0.15) is 0 Å². The predicted octanol–water partition coefficient (Wildman–Crippen LogP) is 5.11. The Bertz CT molecular complexity index is 482. The third kappa shape index (κ3) is 2.32. The van der Waals surface area contributed by atoms with Gasteiger partial charge in [-0.25, -0.2) is 0 Å². The van der Waals surface area contributed by atoms with Crippen LogP contribution in [-0.4, -0.2) is 11.2 Å². The zero-order valence-electron chi connectivity index (χ0n) is 14.4. The van der Waals surface area contributed by atoms with Gasteiger partial charge in [-0.1, -0.05) is 53.2 Å². The molecule has 0 aliphatic heterocycles. The number of aliphatic hydroxyl groups excluding tert-OH is 1. The van der Waals surface area contributed by atoms with Crippen LogP contribution in [-0.2, 0) is 0 Å². The molecule has 0 bridgehead atoms. The van der Waals surface area contributed by atoms with E-state index < -0.39 is 0 Å². The first-order valence-corrected chi connectivity index (χ1v) is 8.85. The van der Waals surface area contributed by atoms with Crippen LogP contribution in [0.3, 0.4) is 0 Å². The first kappa shape index (κ1) is 15.3. The molecule has 0 aromatic heterocycles. The molecule has 1 nitrogen and oxygen atoms in total. The van der Waals surface area contributed by atoms with Gasteiger partial charge in [-0.3, -0.25) is 0 Å². The lowest BCUT2D eigenvalue weighted by Gasteiger charge is -2.58. The lowest BCUT2D eigenvalue weighted by atomic mass is 9.47. The van der Waals surface area contributed by atoms with E-state index in [1.54, 1.807) is 0 Å². The summed E-state index contributed by atoms with van der Waals surface area (Å²) in [5, 5.41) is 10.6. The maximum Gasteiger partial charge on any atom is 0.0761 e. The van der Waals surface area contributed by atoms with Gasteiger partial charge in [0.2, 0.25) is 0 Å². The fourth-order valence-electron chi connectivity index (χ4n) is 5.71. The van der Waals surface area contributed by atoms with Crippen LogP contribution in [0.25, 0.3) is 0 Å². The van der Waals surface area contributed by atoms with E-state index in [9.17, 15) is 5.11 Å². The Morgan fingerprint density at radius 1 is 1.19 bits per heavy atom. The van der Waals surface area contributed by atoms with Crippen molar-refractivity contribution in [3.63, 3.8) is 0 Å². The van der Waals surface area contributed by atoms with Crippen molar-refractivity contribution in [1.82, 2.24) is 0 Å². The second-order valence-corrected chi connectivity index (χ2v) is 8.94. The highest BCUT2D eigenvalue weighted by Crippen LogP contribution is 2.61. The van der Waals surface area contributed by atoms with Gasteiger partial charge in [-0.2, -0.15) is 0 Å². The lowest BCUT2D eigenvalue weighted by Crippen LogP contribution is -2.50. The molecule has 0 saturated heterocycles. The number of aliphatic hydroxyl groups is 1. The van der Waals surface area contributed by atoms with E-state index in [1.165, 1.54) is 36.8 Å². The highest BCUT2D eigenvalue weighted by atomic mass is 16.3. The molecule has 0 aromatic carbocycles. The molecule has 1 heteroatoms. The van der Waals surface area contributed by atoms with Crippen molar-refractivity contribution < 1.29 is 5.11 Å². The van der Waals surface area contributed by atoms with Crippen molar-refractivity contribution in [2.24, 2.45) is 28.6 Å². The Labute approximate surface area is 130 Å². The molecule has 4 atom stereocenters. The van der Waals surface area contributed by atoms with Crippen LogP contribution in [0, 0.1) is 28.6 Å². The molecule has 3 rings (SSSR count). The van der Waals surface area contributed by atoms with Crippen LogP contribution in [0.4, 0.5) is 0 Å². The van der Waals surface area contributed by atoms with Crippen LogP contribution in [0.1, 0.15) is 66.7 Å². The van der Waals surface area contributed by atoms with Crippen molar-refractivity contribution in [3.05, 3.63) is 23.3 Å². The number of allylic oxidation sites excluding steroid dienone is 3. The fraction of sp³-hybridized carbons (Fsp3) is 0.800. The molecule has 1 N–H and O–H groups in total. The van der Waals surface area contributed by atoms with E-state index in [0.29, 0.717) is 22.7 Å². The van der Waals surface area contributed by atoms with Crippen molar-refractivity contribution in [2.75, 3.05) is 0 Å². The monoisotopic (exact) mass is 288 g/mol. The van der Waals surface area contributed by atoms with Crippen molar-refractivity contribution in [3.8, 4) is 0 Å². The average Bonchev–Trinajstić information content (AvgIpc) is 2.37. The van der Waals surface area contributed by atoms with Gasteiger partial charge >= 0.3 is 0 Å². The summed E-state index contributed by atoms with van der Waals surface area (Å²) < 4.78 is 0. The molecule has 1 fully saturated rings. The van der Waals surface area contributed by atoms with Crippen LogP contribution in [0.5, 0.6) is 0 Å². The molecule has 21 heavy (non-hydrogen) atoms. The van der Waals surface area contributed by atoms with E-state index in [4.69, 9.17) is 0 Å². The van der Waals surface area contributed by atoms with Crippen LogP contribution in [0.15, 0.2) is 23.3 Å². The second-order valence-electron chi connectivity index (χ2n) is 8.94. The number of rotatable bonds is 1. The van der Waals surface area contributed by atoms with E-state index >= 15 is 0 Å². The summed E-state index contributed by atoms with van der Waals surface area (Å²) in [6.07, 6.45) is 10.8. The van der Waals surface area contributed by atoms with Crippen molar-refractivity contribution in [2.45, 2.75) is 72.8 Å². The van der Waals surface area contributed by atoms with Gasteiger partial charge in [0.25, 0.3) is 0 Å². The predicted molar refractivity (Wildman–Crippen MR) is 89.0 cm³/mol. The number of fused-ring (bicyclic) bond motifs is 3. The Hall–Kier alpha value is -0.560. The van der Waals surface area contributed by atoms with E-state index in [-0.39, 0.29) is 6.10 Å². The topological polar surface area (TPSA) is 20.2 Å². The molecule has 3 aliphatic carbocycles. The normalized spacial score (nSPS) is 42.0. The quantitative estimate of drug-likeness (QED) is 0.710. The van der Waals surface area contributed by atoms with Gasteiger partial charge < -0.3 is 5.11 Å². The minimum Gasteiger partial charge on any atom is -0.389 e. The summed E-state index contributed by atoms with van der Waals surface area (Å²) in [5.74, 6) is 1.79. The number of hydrogen-bond acceptors (Lipinski definition) is 1. The van der Waals surface area contributed by atoms with Gasteiger partial charge in [0.15, 0.2) is 0 Å². The van der Waals surface area contributed by atoms with Gasteiger partial charge in [0.05, 0.1) is 6.10 Å². The van der Waals surface area contributed by atoms with E-state index in [1.807, 2.05) is 0 Å². The summed E-state index contributed by atoms with van der Waals surface area (Å²) in [6, 6.07) is 0. The van der Waals surface area contributed by atoms with E-state index in [0.717, 1.165) is 12.3 Å². The molecule has 0 aromatic rings. The first-order valence-electron chi connectivity index (χ1n) is 8.85. The van der Waals surface area contributed by atoms with Crippen molar-refractivity contribution >= 4 is 0 Å². The Kier molecular flexibility index (Phi) is 3.64. The van der Waals surface area contributed by atoms with Crippen molar-refractivity contribution in [1.29, 1.82) is 0 Å². The Morgan fingerprint density at radius 2 is 1.90 bits per heavy atom. The highest BCUT2D eigenvalue weighted by molar-refractivity contribution is 5.37. The summed E-state index contributed by atoms with van der Waals surface area (Å²) in [6.45, 7) is 11.8. The molecular weight excluding hydrogens is 256 g/mol. The van der Waals surface area contributed by atoms with Gasteiger partial charge in [0, 0.05) is 0 Å². The van der Waals surface area contributed by atoms with Crippen LogP contribution in [0.2, 0.25) is 0 Å². The lowest BCUT2D eigenvalue weighted by molar-refractivity contribution is -0.0483. The molecule has 118 valence electrons. The van der Waals surface area contributed by atoms with Gasteiger partial charge in [-0.15, -0.1) is 0 Å². The first-order chi connectivity index (χ1) is 9.75. The minimum atomic E-state index is -0.229. The highest BCUT2D eigenvalue weighted by Gasteiger charge is 2.53. The molecule has 0 radical (unpaired) electrons. The van der Waals surface area contributed by atoms with Crippen LogP contribution >= 0.6 is 0 Å². The summed E-state index contributed by atoms with van der Waals surface area (Å²) in [5.41, 5.74) is 3.60. The largest absolute Gasteiger partial charge is 0.389 e. The molecule has 3 aliphatic rings. The summed E-state index contributed by atoms with van der Waals surface area (Å²) in [7, 11) is 0. The smallest absolute Gasteiger partial charge is 0.0761 e. The summed E-state index contributed by atoms with van der Waals surface area (Å²) in [4.78, 5) is 0. The minimum absolute atomic E-state index is 0.229. The maximum atomic E-state index is 10.6. The Balaban J connectivity index is 2.01. The zero-order chi connectivity index (χ0) is 15.4. The Morgan fingerprint density at radius 3 is 2.57 bits per heavy atom. The number of hydrogen-bond donors (Lipinski definition) is 1. The van der Waals surface area contributed by atoms with Gasteiger partial charge in [-0.05, 0) is 65.4 Å².